The lowest BCUT2D eigenvalue weighted by Crippen LogP contribution is -2.31. The van der Waals surface area contributed by atoms with Gasteiger partial charge in [0.05, 0.1) is 22.3 Å². The van der Waals surface area contributed by atoms with Crippen molar-refractivity contribution < 1.29 is 22.4 Å². The zero-order valence-corrected chi connectivity index (χ0v) is 13.3. The van der Waals surface area contributed by atoms with Gasteiger partial charge in [0.25, 0.3) is 0 Å². The quantitative estimate of drug-likeness (QED) is 0.609. The first-order valence-electron chi connectivity index (χ1n) is 7.68. The van der Waals surface area contributed by atoms with Gasteiger partial charge < -0.3 is 15.6 Å². The van der Waals surface area contributed by atoms with Crippen LogP contribution in [0.15, 0.2) is 42.5 Å². The molecule has 0 aliphatic heterocycles. The first-order valence-corrected chi connectivity index (χ1v) is 7.68. The summed E-state index contributed by atoms with van der Waals surface area (Å²) in [5.41, 5.74) is 0.0634. The molecule has 1 aromatic heterocycles. The highest BCUT2D eigenvalue weighted by Gasteiger charge is 2.31. The van der Waals surface area contributed by atoms with Crippen LogP contribution in [0.3, 0.4) is 0 Å². The van der Waals surface area contributed by atoms with Crippen LogP contribution in [0.25, 0.3) is 11.0 Å². The molecule has 136 valence electrons. The van der Waals surface area contributed by atoms with E-state index < -0.39 is 29.3 Å². The minimum atomic E-state index is -4.62. The minimum absolute atomic E-state index is 0.173. The van der Waals surface area contributed by atoms with Crippen LogP contribution in [-0.2, 0) is 12.6 Å². The van der Waals surface area contributed by atoms with Gasteiger partial charge in [0.2, 0.25) is 0 Å². The Morgan fingerprint density at radius 2 is 1.92 bits per heavy atom. The van der Waals surface area contributed by atoms with Crippen LogP contribution in [-0.4, -0.2) is 22.5 Å². The first kappa shape index (κ1) is 17.7. The summed E-state index contributed by atoms with van der Waals surface area (Å²) in [6, 6.07) is 8.43. The number of imidazole rings is 1. The molecule has 0 radical (unpaired) electrons. The first-order chi connectivity index (χ1) is 12.3. The van der Waals surface area contributed by atoms with Gasteiger partial charge >= 0.3 is 12.2 Å². The molecule has 0 spiro atoms. The van der Waals surface area contributed by atoms with Crippen LogP contribution in [0.5, 0.6) is 0 Å². The van der Waals surface area contributed by atoms with Gasteiger partial charge in [-0.3, -0.25) is 0 Å². The maximum absolute atomic E-state index is 13.6. The van der Waals surface area contributed by atoms with E-state index in [2.05, 4.69) is 20.6 Å². The number of urea groups is 1. The standard InChI is InChI=1S/C17H14F4N4O/c18-11-6-5-10(17(19,20)21)9-14(11)25-16(26)22-8-7-15-23-12-3-1-2-4-13(12)24-15/h1-6,9H,7-8H2,(H,23,24)(H2,22,25,26). The van der Waals surface area contributed by atoms with Crippen LogP contribution < -0.4 is 10.6 Å². The number of hydrogen-bond donors (Lipinski definition) is 3. The lowest BCUT2D eigenvalue weighted by molar-refractivity contribution is -0.137. The second-order valence-corrected chi connectivity index (χ2v) is 5.52. The summed E-state index contributed by atoms with van der Waals surface area (Å²) in [5.74, 6) is -0.304. The summed E-state index contributed by atoms with van der Waals surface area (Å²) >= 11 is 0. The third-order valence-corrected chi connectivity index (χ3v) is 3.63. The molecule has 0 unspecified atom stereocenters. The fraction of sp³-hybridized carbons (Fsp3) is 0.176. The molecule has 0 atom stereocenters. The molecule has 3 aromatic rings. The normalized spacial score (nSPS) is 11.5. The molecule has 0 saturated carbocycles. The number of rotatable bonds is 4. The van der Waals surface area contributed by atoms with Crippen molar-refractivity contribution in [1.29, 1.82) is 0 Å². The van der Waals surface area contributed by atoms with Gasteiger partial charge in [-0.05, 0) is 30.3 Å². The van der Waals surface area contributed by atoms with Crippen LogP contribution in [0.1, 0.15) is 11.4 Å². The van der Waals surface area contributed by atoms with Crippen molar-refractivity contribution in [2.24, 2.45) is 0 Å². The molecule has 3 N–H and O–H groups in total. The third-order valence-electron chi connectivity index (χ3n) is 3.63. The van der Waals surface area contributed by atoms with E-state index in [4.69, 9.17) is 0 Å². The Hall–Kier alpha value is -3.10. The molecular weight excluding hydrogens is 352 g/mol. The molecule has 0 aliphatic rings. The van der Waals surface area contributed by atoms with Crippen molar-refractivity contribution in [3.63, 3.8) is 0 Å². The Kier molecular flexibility index (Phi) is 4.79. The van der Waals surface area contributed by atoms with E-state index in [0.717, 1.165) is 11.0 Å². The van der Waals surface area contributed by atoms with Crippen LogP contribution in [0, 0.1) is 5.82 Å². The van der Waals surface area contributed by atoms with Gasteiger partial charge in [-0.15, -0.1) is 0 Å². The zero-order valence-electron chi connectivity index (χ0n) is 13.3. The number of alkyl halides is 3. The predicted molar refractivity (Wildman–Crippen MR) is 88.2 cm³/mol. The molecule has 0 bridgehead atoms. The number of para-hydroxylation sites is 2. The number of anilines is 1. The molecule has 2 amide bonds. The molecule has 3 rings (SSSR count). The highest BCUT2D eigenvalue weighted by atomic mass is 19.4. The van der Waals surface area contributed by atoms with Gasteiger partial charge in [-0.2, -0.15) is 13.2 Å². The van der Waals surface area contributed by atoms with Gasteiger partial charge in [-0.25, -0.2) is 14.2 Å². The number of fused-ring (bicyclic) bond motifs is 1. The summed E-state index contributed by atoms with van der Waals surface area (Å²) in [4.78, 5) is 19.2. The predicted octanol–water partition coefficient (Wildman–Crippen LogP) is 4.09. The largest absolute Gasteiger partial charge is 0.416 e. The Bertz CT molecular complexity index is 903. The second kappa shape index (κ2) is 7.03. The molecular formula is C17H14F4N4O. The van der Waals surface area contributed by atoms with Crippen molar-refractivity contribution in [3.8, 4) is 0 Å². The summed E-state index contributed by atoms with van der Waals surface area (Å²) < 4.78 is 51.6. The maximum Gasteiger partial charge on any atom is 0.416 e. The molecule has 26 heavy (non-hydrogen) atoms. The molecule has 0 aliphatic carbocycles. The number of H-pyrrole nitrogens is 1. The van der Waals surface area contributed by atoms with E-state index in [-0.39, 0.29) is 6.54 Å². The number of nitrogens with zero attached hydrogens (tertiary/aromatic N) is 1. The Morgan fingerprint density at radius 1 is 1.15 bits per heavy atom. The van der Waals surface area contributed by atoms with Crippen molar-refractivity contribution in [2.45, 2.75) is 12.6 Å². The fourth-order valence-electron chi connectivity index (χ4n) is 2.38. The van der Waals surface area contributed by atoms with Gasteiger partial charge in [0, 0.05) is 13.0 Å². The second-order valence-electron chi connectivity index (χ2n) is 5.52. The van der Waals surface area contributed by atoms with E-state index in [0.29, 0.717) is 30.4 Å². The Morgan fingerprint density at radius 3 is 2.65 bits per heavy atom. The van der Waals surface area contributed by atoms with Gasteiger partial charge in [-0.1, -0.05) is 12.1 Å². The fourth-order valence-corrected chi connectivity index (χ4v) is 2.38. The van der Waals surface area contributed by atoms with Crippen molar-refractivity contribution in [2.75, 3.05) is 11.9 Å². The third kappa shape index (κ3) is 4.11. The highest BCUT2D eigenvalue weighted by molar-refractivity contribution is 5.89. The van der Waals surface area contributed by atoms with Crippen LogP contribution >= 0.6 is 0 Å². The average molecular weight is 366 g/mol. The molecule has 5 nitrogen and oxygen atoms in total. The van der Waals surface area contributed by atoms with E-state index in [9.17, 15) is 22.4 Å². The SMILES string of the molecule is O=C(NCCc1nc2ccccc2[nH]1)Nc1cc(C(F)(F)F)ccc1F. The molecule has 1 heterocycles. The number of amides is 2. The Balaban J connectivity index is 1.57. The molecule has 2 aromatic carbocycles. The van der Waals surface area contributed by atoms with E-state index in [1.54, 1.807) is 0 Å². The monoisotopic (exact) mass is 366 g/mol. The van der Waals surface area contributed by atoms with Crippen LogP contribution in [0.2, 0.25) is 0 Å². The smallest absolute Gasteiger partial charge is 0.342 e. The zero-order chi connectivity index (χ0) is 18.7. The minimum Gasteiger partial charge on any atom is -0.342 e. The van der Waals surface area contributed by atoms with Crippen molar-refractivity contribution >= 4 is 22.8 Å². The van der Waals surface area contributed by atoms with E-state index >= 15 is 0 Å². The summed E-state index contributed by atoms with van der Waals surface area (Å²) in [5, 5.41) is 4.53. The number of carbonyl (C=O) groups is 1. The average Bonchev–Trinajstić information content (AvgIpc) is 2.98. The van der Waals surface area contributed by atoms with Gasteiger partial charge in [0.15, 0.2) is 0 Å². The van der Waals surface area contributed by atoms with Crippen LogP contribution in [0.4, 0.5) is 28.0 Å². The van der Waals surface area contributed by atoms with E-state index in [1.165, 1.54) is 0 Å². The Labute approximate surface area is 145 Å². The van der Waals surface area contributed by atoms with Crippen molar-refractivity contribution in [1.82, 2.24) is 15.3 Å². The molecule has 9 heteroatoms. The lowest BCUT2D eigenvalue weighted by atomic mass is 10.2. The number of hydrogen-bond acceptors (Lipinski definition) is 2. The topological polar surface area (TPSA) is 69.8 Å². The number of nitrogens with one attached hydrogen (secondary N) is 3. The lowest BCUT2D eigenvalue weighted by Gasteiger charge is -2.11. The van der Waals surface area contributed by atoms with E-state index in [1.807, 2.05) is 24.3 Å². The number of carbonyl (C=O) groups excluding carboxylic acids is 1. The number of aromatic nitrogens is 2. The molecule has 0 saturated heterocycles. The number of halogens is 4. The number of benzene rings is 2. The summed E-state index contributed by atoms with van der Waals surface area (Å²) in [7, 11) is 0. The van der Waals surface area contributed by atoms with Crippen molar-refractivity contribution in [3.05, 3.63) is 59.7 Å². The highest BCUT2D eigenvalue weighted by Crippen LogP contribution is 2.31. The number of aromatic amines is 1. The summed E-state index contributed by atoms with van der Waals surface area (Å²) in [6.07, 6.45) is -4.24. The summed E-state index contributed by atoms with van der Waals surface area (Å²) in [6.45, 7) is 0.173. The molecule has 0 fully saturated rings. The van der Waals surface area contributed by atoms with Gasteiger partial charge in [0.1, 0.15) is 11.6 Å². The maximum atomic E-state index is 13.6.